The zero-order chi connectivity index (χ0) is 12.6. The van der Waals surface area contributed by atoms with Crippen molar-refractivity contribution >= 4 is 6.09 Å². The minimum atomic E-state index is -0.468. The third-order valence-corrected chi connectivity index (χ3v) is 3.01. The van der Waals surface area contributed by atoms with Crippen molar-refractivity contribution in [2.24, 2.45) is 11.7 Å². The minimum Gasteiger partial charge on any atom is -0.443 e. The van der Waals surface area contributed by atoms with Crippen LogP contribution in [0.3, 0.4) is 0 Å². The number of nitrogens with two attached hydrogens (primary N) is 1. The van der Waals surface area contributed by atoms with Crippen molar-refractivity contribution in [1.29, 1.82) is 0 Å². The van der Waals surface area contributed by atoms with Crippen LogP contribution in [-0.2, 0) is 4.74 Å². The normalized spacial score (nSPS) is 27.8. The Labute approximate surface area is 102 Å². The number of allylic oxidation sites excluding steroid dienone is 3. The average Bonchev–Trinajstić information content (AvgIpc) is 2.55. The number of fused-ring (bicyclic) bond motifs is 1. The Balaban J connectivity index is 2.14. The van der Waals surface area contributed by atoms with Gasteiger partial charge in [-0.15, -0.1) is 0 Å². The first-order valence-corrected chi connectivity index (χ1v) is 6.01. The van der Waals surface area contributed by atoms with Gasteiger partial charge in [-0.1, -0.05) is 12.2 Å². The highest BCUT2D eigenvalue weighted by Crippen LogP contribution is 2.33. The Morgan fingerprint density at radius 3 is 2.88 bits per heavy atom. The lowest BCUT2D eigenvalue weighted by molar-refractivity contribution is 0.0334. The Hall–Kier alpha value is -1.29. The number of rotatable bonds is 0. The standard InChI is InChI=1S/C13H20N2O2/c1-13(2,3)17-12(16)15-8-10(14)9-6-4-5-7-11(9)15/h4-5,7,9-10H,6,8,14H2,1-3H3. The second-order valence-electron chi connectivity index (χ2n) is 5.62. The summed E-state index contributed by atoms with van der Waals surface area (Å²) in [7, 11) is 0. The summed E-state index contributed by atoms with van der Waals surface area (Å²) in [6, 6.07) is 0.0127. The zero-order valence-electron chi connectivity index (χ0n) is 10.6. The van der Waals surface area contributed by atoms with E-state index >= 15 is 0 Å². The van der Waals surface area contributed by atoms with E-state index in [1.165, 1.54) is 0 Å². The summed E-state index contributed by atoms with van der Waals surface area (Å²) in [5.41, 5.74) is 6.58. The molecule has 17 heavy (non-hydrogen) atoms. The van der Waals surface area contributed by atoms with Gasteiger partial charge in [-0.3, -0.25) is 4.90 Å². The van der Waals surface area contributed by atoms with E-state index in [4.69, 9.17) is 10.5 Å². The fraction of sp³-hybridized carbons (Fsp3) is 0.615. The molecular formula is C13H20N2O2. The molecule has 1 saturated heterocycles. The van der Waals surface area contributed by atoms with E-state index in [-0.39, 0.29) is 18.1 Å². The molecule has 1 fully saturated rings. The molecule has 2 rings (SSSR count). The number of hydrogen-bond acceptors (Lipinski definition) is 3. The molecule has 0 aromatic rings. The van der Waals surface area contributed by atoms with Gasteiger partial charge in [0, 0.05) is 24.2 Å². The first-order chi connectivity index (χ1) is 7.88. The Bertz CT molecular complexity index is 379. The van der Waals surface area contributed by atoms with Gasteiger partial charge in [0.1, 0.15) is 5.60 Å². The minimum absolute atomic E-state index is 0.0127. The zero-order valence-corrected chi connectivity index (χ0v) is 10.6. The van der Waals surface area contributed by atoms with Crippen LogP contribution >= 0.6 is 0 Å². The monoisotopic (exact) mass is 236 g/mol. The molecule has 4 nitrogen and oxygen atoms in total. The second kappa shape index (κ2) is 4.18. The van der Waals surface area contributed by atoms with Crippen LogP contribution in [0.1, 0.15) is 27.2 Å². The van der Waals surface area contributed by atoms with Crippen molar-refractivity contribution in [2.75, 3.05) is 6.54 Å². The largest absolute Gasteiger partial charge is 0.443 e. The van der Waals surface area contributed by atoms with Crippen LogP contribution in [0, 0.1) is 5.92 Å². The van der Waals surface area contributed by atoms with E-state index < -0.39 is 5.60 Å². The molecule has 0 aromatic carbocycles. The number of likely N-dealkylation sites (tertiary alicyclic amines) is 1. The van der Waals surface area contributed by atoms with Crippen LogP contribution in [0.4, 0.5) is 4.79 Å². The maximum Gasteiger partial charge on any atom is 0.414 e. The summed E-state index contributed by atoms with van der Waals surface area (Å²) in [6.45, 7) is 6.15. The third-order valence-electron chi connectivity index (χ3n) is 3.01. The van der Waals surface area contributed by atoms with Gasteiger partial charge in [0.15, 0.2) is 0 Å². The molecule has 0 saturated carbocycles. The molecule has 0 spiro atoms. The summed E-state index contributed by atoms with van der Waals surface area (Å²) >= 11 is 0. The van der Waals surface area contributed by atoms with Crippen molar-refractivity contribution < 1.29 is 9.53 Å². The molecule has 0 aromatic heterocycles. The fourth-order valence-corrected chi connectivity index (χ4v) is 2.26. The number of amides is 1. The third kappa shape index (κ3) is 2.52. The van der Waals surface area contributed by atoms with Crippen molar-refractivity contribution in [3.8, 4) is 0 Å². The van der Waals surface area contributed by atoms with Crippen LogP contribution in [0.25, 0.3) is 0 Å². The lowest BCUT2D eigenvalue weighted by Crippen LogP contribution is -2.36. The number of ether oxygens (including phenoxy) is 1. The number of carbonyl (C=O) groups excluding carboxylic acids is 1. The maximum absolute atomic E-state index is 12.0. The Morgan fingerprint density at radius 2 is 2.24 bits per heavy atom. The summed E-state index contributed by atoms with van der Waals surface area (Å²) in [5.74, 6) is 0.257. The predicted octanol–water partition coefficient (Wildman–Crippen LogP) is 2.02. The number of hydrogen-bond donors (Lipinski definition) is 1. The van der Waals surface area contributed by atoms with Crippen molar-refractivity contribution in [3.63, 3.8) is 0 Å². The van der Waals surface area contributed by atoms with E-state index in [1.54, 1.807) is 4.90 Å². The van der Waals surface area contributed by atoms with Crippen LogP contribution in [0.2, 0.25) is 0 Å². The topological polar surface area (TPSA) is 55.6 Å². The van der Waals surface area contributed by atoms with E-state index in [0.717, 1.165) is 12.1 Å². The molecule has 0 bridgehead atoms. The summed E-state index contributed by atoms with van der Waals surface area (Å²) < 4.78 is 5.39. The van der Waals surface area contributed by atoms with Gasteiger partial charge in [0.2, 0.25) is 0 Å². The summed E-state index contributed by atoms with van der Waals surface area (Å²) in [4.78, 5) is 13.7. The average molecular weight is 236 g/mol. The molecule has 94 valence electrons. The highest BCUT2D eigenvalue weighted by Gasteiger charge is 2.39. The van der Waals surface area contributed by atoms with Gasteiger partial charge in [0.25, 0.3) is 0 Å². The second-order valence-corrected chi connectivity index (χ2v) is 5.62. The highest BCUT2D eigenvalue weighted by atomic mass is 16.6. The molecule has 2 aliphatic rings. The van der Waals surface area contributed by atoms with Gasteiger partial charge in [-0.05, 0) is 33.3 Å². The van der Waals surface area contributed by atoms with E-state index in [1.807, 2.05) is 32.9 Å². The number of nitrogens with zero attached hydrogens (tertiary/aromatic N) is 1. The molecule has 1 aliphatic heterocycles. The van der Waals surface area contributed by atoms with Crippen LogP contribution in [0.15, 0.2) is 23.9 Å². The maximum atomic E-state index is 12.0. The Morgan fingerprint density at radius 1 is 1.53 bits per heavy atom. The Kier molecular flexibility index (Phi) is 3.00. The highest BCUT2D eigenvalue weighted by molar-refractivity contribution is 5.71. The van der Waals surface area contributed by atoms with Crippen molar-refractivity contribution in [3.05, 3.63) is 23.9 Å². The summed E-state index contributed by atoms with van der Waals surface area (Å²) in [5, 5.41) is 0. The predicted molar refractivity (Wildman–Crippen MR) is 66.2 cm³/mol. The quantitative estimate of drug-likeness (QED) is 0.700. The molecule has 1 aliphatic carbocycles. The van der Waals surface area contributed by atoms with Crippen LogP contribution in [-0.4, -0.2) is 29.2 Å². The van der Waals surface area contributed by atoms with Gasteiger partial charge >= 0.3 is 6.09 Å². The molecule has 0 radical (unpaired) electrons. The molecular weight excluding hydrogens is 216 g/mol. The lowest BCUT2D eigenvalue weighted by atomic mass is 9.94. The van der Waals surface area contributed by atoms with Crippen LogP contribution < -0.4 is 5.73 Å². The van der Waals surface area contributed by atoms with Gasteiger partial charge in [-0.25, -0.2) is 4.79 Å². The van der Waals surface area contributed by atoms with Crippen molar-refractivity contribution in [1.82, 2.24) is 4.90 Å². The molecule has 1 heterocycles. The SMILES string of the molecule is CC(C)(C)OC(=O)N1CC(N)C2CC=CC=C21. The van der Waals surface area contributed by atoms with E-state index in [2.05, 4.69) is 6.08 Å². The van der Waals surface area contributed by atoms with E-state index in [9.17, 15) is 4.79 Å². The molecule has 2 atom stereocenters. The first-order valence-electron chi connectivity index (χ1n) is 6.01. The van der Waals surface area contributed by atoms with Gasteiger partial charge < -0.3 is 10.5 Å². The van der Waals surface area contributed by atoms with Crippen LogP contribution in [0.5, 0.6) is 0 Å². The van der Waals surface area contributed by atoms with Gasteiger partial charge in [-0.2, -0.15) is 0 Å². The van der Waals surface area contributed by atoms with Crippen molar-refractivity contribution in [2.45, 2.75) is 38.8 Å². The lowest BCUT2D eigenvalue weighted by Gasteiger charge is -2.26. The van der Waals surface area contributed by atoms with E-state index in [0.29, 0.717) is 6.54 Å². The first kappa shape index (κ1) is 12.2. The molecule has 1 amide bonds. The number of carbonyl (C=O) groups is 1. The molecule has 4 heteroatoms. The smallest absolute Gasteiger partial charge is 0.414 e. The summed E-state index contributed by atoms with van der Waals surface area (Å²) in [6.07, 6.45) is 6.64. The molecule has 2 unspecified atom stereocenters. The molecule has 2 N–H and O–H groups in total. The van der Waals surface area contributed by atoms with Gasteiger partial charge in [0.05, 0.1) is 0 Å². The fourth-order valence-electron chi connectivity index (χ4n) is 2.26.